The second-order valence-corrected chi connectivity index (χ2v) is 4.50. The van der Waals surface area contributed by atoms with Crippen molar-refractivity contribution in [3.63, 3.8) is 0 Å². The van der Waals surface area contributed by atoms with Gasteiger partial charge in [-0.05, 0) is 38.8 Å². The summed E-state index contributed by atoms with van der Waals surface area (Å²) in [6.07, 6.45) is 2.40. The van der Waals surface area contributed by atoms with E-state index in [0.29, 0.717) is 6.04 Å². The maximum atomic E-state index is 9.18. The van der Waals surface area contributed by atoms with Crippen molar-refractivity contribution in [2.75, 3.05) is 26.2 Å². The summed E-state index contributed by atoms with van der Waals surface area (Å²) in [4.78, 5) is 2.55. The van der Waals surface area contributed by atoms with E-state index in [2.05, 4.69) is 10.2 Å². The first-order chi connectivity index (χ1) is 6.25. The highest BCUT2D eigenvalue weighted by molar-refractivity contribution is 4.90. The topological polar surface area (TPSA) is 35.5 Å². The molecule has 2 saturated heterocycles. The minimum absolute atomic E-state index is 0.209. The van der Waals surface area contributed by atoms with E-state index in [-0.39, 0.29) is 6.10 Å². The number of rotatable bonds is 3. The van der Waals surface area contributed by atoms with Gasteiger partial charge in [-0.15, -0.1) is 0 Å². The van der Waals surface area contributed by atoms with Gasteiger partial charge in [-0.25, -0.2) is 0 Å². The molecule has 4 unspecified atom stereocenters. The van der Waals surface area contributed by atoms with Crippen LogP contribution in [0.4, 0.5) is 0 Å². The van der Waals surface area contributed by atoms with Gasteiger partial charge in [-0.3, -0.25) is 0 Å². The fourth-order valence-corrected chi connectivity index (χ4v) is 2.54. The Morgan fingerprint density at radius 3 is 3.00 bits per heavy atom. The van der Waals surface area contributed by atoms with Crippen molar-refractivity contribution in [3.8, 4) is 0 Å². The maximum Gasteiger partial charge on any atom is 0.0636 e. The normalized spacial score (nSPS) is 40.6. The Morgan fingerprint density at radius 2 is 2.23 bits per heavy atom. The van der Waals surface area contributed by atoms with Gasteiger partial charge in [0.2, 0.25) is 0 Å². The average Bonchev–Trinajstić information content (AvgIpc) is 2.47. The number of hydrogen-bond donors (Lipinski definition) is 2. The van der Waals surface area contributed by atoms with Crippen LogP contribution in [0.3, 0.4) is 0 Å². The van der Waals surface area contributed by atoms with Crippen molar-refractivity contribution >= 4 is 0 Å². The van der Waals surface area contributed by atoms with Gasteiger partial charge >= 0.3 is 0 Å². The molecule has 3 heteroatoms. The zero-order valence-corrected chi connectivity index (χ0v) is 8.37. The molecule has 0 amide bonds. The number of hydrogen-bond acceptors (Lipinski definition) is 3. The maximum absolute atomic E-state index is 9.18. The largest absolute Gasteiger partial charge is 0.392 e. The fourth-order valence-electron chi connectivity index (χ4n) is 2.54. The highest BCUT2D eigenvalue weighted by Gasteiger charge is 2.33. The van der Waals surface area contributed by atoms with Crippen LogP contribution in [0.25, 0.3) is 0 Å². The lowest BCUT2D eigenvalue weighted by atomic mass is 9.94. The van der Waals surface area contributed by atoms with Gasteiger partial charge in [0.1, 0.15) is 0 Å². The van der Waals surface area contributed by atoms with Gasteiger partial charge in [0, 0.05) is 19.1 Å². The molecule has 0 aliphatic carbocycles. The number of nitrogens with zero attached hydrogens (tertiary/aromatic N) is 1. The summed E-state index contributed by atoms with van der Waals surface area (Å²) >= 11 is 0. The van der Waals surface area contributed by atoms with E-state index < -0.39 is 0 Å². The van der Waals surface area contributed by atoms with Crippen molar-refractivity contribution in [1.82, 2.24) is 10.2 Å². The number of piperidine rings is 1. The molecule has 2 N–H and O–H groups in total. The molecule has 76 valence electrons. The Balaban J connectivity index is 1.79. The Morgan fingerprint density at radius 1 is 1.46 bits per heavy atom. The van der Waals surface area contributed by atoms with E-state index in [1.165, 1.54) is 32.5 Å². The molecule has 4 atom stereocenters. The SMILES string of the molecule is CC(O)CNC1CCN2CCC1C2. The number of fused-ring (bicyclic) bond motifs is 2. The Labute approximate surface area is 80.1 Å². The first kappa shape index (κ1) is 9.44. The van der Waals surface area contributed by atoms with Crippen LogP contribution < -0.4 is 5.32 Å². The Kier molecular flexibility index (Phi) is 2.86. The lowest BCUT2D eigenvalue weighted by molar-refractivity contribution is 0.164. The molecule has 2 bridgehead atoms. The average molecular weight is 184 g/mol. The van der Waals surface area contributed by atoms with E-state index in [1.54, 1.807) is 0 Å². The molecule has 2 rings (SSSR count). The summed E-state index contributed by atoms with van der Waals surface area (Å²) < 4.78 is 0. The standard InChI is InChI=1S/C10H20N2O/c1-8(13)6-11-10-3-5-12-4-2-9(10)7-12/h8-11,13H,2-7H2,1H3. The summed E-state index contributed by atoms with van der Waals surface area (Å²) in [6.45, 7) is 6.40. The molecule has 0 aromatic rings. The lowest BCUT2D eigenvalue weighted by Gasteiger charge is -2.31. The van der Waals surface area contributed by atoms with Gasteiger partial charge in [0.25, 0.3) is 0 Å². The molecule has 0 saturated carbocycles. The molecule has 2 fully saturated rings. The molecule has 13 heavy (non-hydrogen) atoms. The highest BCUT2D eigenvalue weighted by atomic mass is 16.3. The number of aliphatic hydroxyl groups excluding tert-OH is 1. The van der Waals surface area contributed by atoms with E-state index in [9.17, 15) is 5.11 Å². The van der Waals surface area contributed by atoms with Crippen molar-refractivity contribution < 1.29 is 5.11 Å². The van der Waals surface area contributed by atoms with E-state index in [4.69, 9.17) is 0 Å². The summed E-state index contributed by atoms with van der Waals surface area (Å²) in [5, 5.41) is 12.7. The molecule has 2 aliphatic rings. The van der Waals surface area contributed by atoms with Crippen molar-refractivity contribution in [3.05, 3.63) is 0 Å². The first-order valence-corrected chi connectivity index (χ1v) is 5.39. The van der Waals surface area contributed by atoms with Gasteiger partial charge in [0.05, 0.1) is 6.10 Å². The second-order valence-electron chi connectivity index (χ2n) is 4.50. The van der Waals surface area contributed by atoms with Crippen molar-refractivity contribution in [1.29, 1.82) is 0 Å². The minimum Gasteiger partial charge on any atom is -0.392 e. The third-order valence-electron chi connectivity index (χ3n) is 3.31. The molecule has 2 aliphatic heterocycles. The van der Waals surface area contributed by atoms with Crippen LogP contribution in [0, 0.1) is 5.92 Å². The Hall–Kier alpha value is -0.120. The first-order valence-electron chi connectivity index (χ1n) is 5.39. The number of aliphatic hydroxyl groups is 1. The van der Waals surface area contributed by atoms with Crippen molar-refractivity contribution in [2.45, 2.75) is 31.9 Å². The van der Waals surface area contributed by atoms with Crippen LogP contribution in [-0.4, -0.2) is 48.3 Å². The second kappa shape index (κ2) is 3.95. The van der Waals surface area contributed by atoms with Crippen LogP contribution in [-0.2, 0) is 0 Å². The van der Waals surface area contributed by atoms with Gasteiger partial charge in [-0.2, -0.15) is 0 Å². The summed E-state index contributed by atoms with van der Waals surface area (Å²) in [5.41, 5.74) is 0. The fraction of sp³-hybridized carbons (Fsp3) is 1.00. The highest BCUT2D eigenvalue weighted by Crippen LogP contribution is 2.26. The van der Waals surface area contributed by atoms with E-state index >= 15 is 0 Å². The van der Waals surface area contributed by atoms with Gasteiger partial charge < -0.3 is 15.3 Å². The molecule has 0 spiro atoms. The third kappa shape index (κ3) is 2.22. The summed E-state index contributed by atoms with van der Waals surface area (Å²) in [7, 11) is 0. The Bertz CT molecular complexity index is 172. The van der Waals surface area contributed by atoms with Crippen LogP contribution in [0.15, 0.2) is 0 Å². The predicted octanol–water partition coefficient (Wildman–Crippen LogP) is 0.0510. The zero-order chi connectivity index (χ0) is 9.26. The van der Waals surface area contributed by atoms with Crippen LogP contribution in [0.1, 0.15) is 19.8 Å². The quantitative estimate of drug-likeness (QED) is 0.650. The van der Waals surface area contributed by atoms with Crippen molar-refractivity contribution in [2.24, 2.45) is 5.92 Å². The van der Waals surface area contributed by atoms with Crippen LogP contribution >= 0.6 is 0 Å². The van der Waals surface area contributed by atoms with Crippen LogP contribution in [0.2, 0.25) is 0 Å². The zero-order valence-electron chi connectivity index (χ0n) is 8.37. The smallest absolute Gasteiger partial charge is 0.0636 e. The minimum atomic E-state index is -0.209. The molecule has 0 aromatic heterocycles. The van der Waals surface area contributed by atoms with Gasteiger partial charge in [0.15, 0.2) is 0 Å². The molecule has 0 radical (unpaired) electrons. The summed E-state index contributed by atoms with van der Waals surface area (Å²) in [5.74, 6) is 0.840. The lowest BCUT2D eigenvalue weighted by Crippen LogP contribution is -2.45. The molecule has 3 nitrogen and oxygen atoms in total. The van der Waals surface area contributed by atoms with E-state index in [1.807, 2.05) is 6.92 Å². The van der Waals surface area contributed by atoms with E-state index in [0.717, 1.165) is 12.5 Å². The van der Waals surface area contributed by atoms with Gasteiger partial charge in [-0.1, -0.05) is 0 Å². The third-order valence-corrected chi connectivity index (χ3v) is 3.31. The summed E-state index contributed by atoms with van der Waals surface area (Å²) in [6, 6.07) is 0.661. The monoisotopic (exact) mass is 184 g/mol. The van der Waals surface area contributed by atoms with Crippen LogP contribution in [0.5, 0.6) is 0 Å². The molecular formula is C10H20N2O. The molecule has 2 heterocycles. The molecular weight excluding hydrogens is 164 g/mol. The predicted molar refractivity (Wildman–Crippen MR) is 52.6 cm³/mol. The molecule has 0 aromatic carbocycles. The number of nitrogens with one attached hydrogen (secondary N) is 1.